The first-order chi connectivity index (χ1) is 25.5. The highest BCUT2D eigenvalue weighted by atomic mass is 19.1. The molecule has 0 bridgehead atoms. The van der Waals surface area contributed by atoms with Gasteiger partial charge in [-0.25, -0.2) is 4.39 Å². The van der Waals surface area contributed by atoms with Gasteiger partial charge in [-0.1, -0.05) is 79.8 Å². The molecule has 1 aliphatic carbocycles. The number of halogens is 1. The van der Waals surface area contributed by atoms with Crippen LogP contribution in [-0.2, 0) is 12.8 Å². The summed E-state index contributed by atoms with van der Waals surface area (Å²) in [5.41, 5.74) is 11.1. The minimum atomic E-state index is -1.37. The molecule has 2 unspecified atom stereocenters. The number of allylic oxidation sites excluding steroid dienone is 3. The van der Waals surface area contributed by atoms with E-state index in [2.05, 4.69) is 65.3 Å². The lowest BCUT2D eigenvalue weighted by Crippen LogP contribution is -2.33. The van der Waals surface area contributed by atoms with Crippen molar-refractivity contribution in [2.75, 3.05) is 4.90 Å². The van der Waals surface area contributed by atoms with Crippen LogP contribution in [0, 0.1) is 39.9 Å². The molecule has 0 N–H and O–H groups in total. The number of hydrogen-bond donors (Lipinski definition) is 0. The fourth-order valence-electron chi connectivity index (χ4n) is 7.74. The van der Waals surface area contributed by atoms with Crippen LogP contribution < -0.4 is 4.90 Å². The van der Waals surface area contributed by atoms with Crippen LogP contribution in [0.3, 0.4) is 0 Å². The monoisotopic (exact) mass is 675 g/mol. The molecular weight excluding hydrogens is 642 g/mol. The largest absolute Gasteiger partial charge is 0.313 e. The Kier molecular flexibility index (Phi) is 8.48. The molecule has 5 nitrogen and oxygen atoms in total. The van der Waals surface area contributed by atoms with Crippen LogP contribution in [0.5, 0.6) is 0 Å². The maximum atomic E-state index is 16.7. The molecule has 1 aromatic heterocycles. The molecule has 0 fully saturated rings. The van der Waals surface area contributed by atoms with Crippen molar-refractivity contribution in [2.24, 2.45) is 5.92 Å². The zero-order chi connectivity index (χ0) is 35.8. The lowest BCUT2D eigenvalue weighted by Gasteiger charge is -2.34. The van der Waals surface area contributed by atoms with Crippen molar-refractivity contribution in [1.82, 2.24) is 4.57 Å². The van der Waals surface area contributed by atoms with Crippen molar-refractivity contribution < 1.29 is 4.39 Å². The zero-order valence-corrected chi connectivity index (χ0v) is 28.7. The Bertz CT molecular complexity index is 2550. The van der Waals surface area contributed by atoms with E-state index in [4.69, 9.17) is 0 Å². The summed E-state index contributed by atoms with van der Waals surface area (Å²) in [4.78, 5) is 1.72. The highest BCUT2D eigenvalue weighted by molar-refractivity contribution is 5.94. The molecule has 1 aliphatic heterocycles. The minimum absolute atomic E-state index is 0.316. The highest BCUT2D eigenvalue weighted by Crippen LogP contribution is 2.44. The normalized spacial score (nSPS) is 17.1. The molecule has 6 heteroatoms. The number of hydrogen-bond acceptors (Lipinski definition) is 4. The second-order valence-corrected chi connectivity index (χ2v) is 13.5. The van der Waals surface area contributed by atoms with Crippen molar-refractivity contribution in [2.45, 2.75) is 38.9 Å². The first kappa shape index (κ1) is 32.5. The number of para-hydroxylation sites is 1. The summed E-state index contributed by atoms with van der Waals surface area (Å²) in [6.45, 7) is 1.90. The van der Waals surface area contributed by atoms with Gasteiger partial charge in [0.25, 0.3) is 0 Å². The molecule has 0 saturated heterocycles. The van der Waals surface area contributed by atoms with E-state index in [9.17, 15) is 15.8 Å². The summed E-state index contributed by atoms with van der Waals surface area (Å²) < 4.78 is 19.0. The molecule has 0 radical (unpaired) electrons. The molecule has 8 rings (SSSR count). The number of nitriles is 3. The Morgan fingerprint density at radius 1 is 0.731 bits per heavy atom. The van der Waals surface area contributed by atoms with E-state index in [-0.39, 0.29) is 5.92 Å². The number of aromatic nitrogens is 1. The van der Waals surface area contributed by atoms with Gasteiger partial charge < -0.3 is 9.47 Å². The van der Waals surface area contributed by atoms with Crippen molar-refractivity contribution in [3.63, 3.8) is 0 Å². The number of anilines is 2. The lowest BCUT2D eigenvalue weighted by atomic mass is 9.90. The van der Waals surface area contributed by atoms with Gasteiger partial charge in [-0.05, 0) is 97.0 Å². The number of rotatable bonds is 4. The Hall–Kier alpha value is -6.68. The maximum absolute atomic E-state index is 16.7. The number of nitrogens with zero attached hydrogens (tertiary/aromatic N) is 5. The molecule has 0 spiro atoms. The fourth-order valence-corrected chi connectivity index (χ4v) is 7.74. The SMILES string of the molecule is CC1C/C=C\Cc2ccccc2N(c2cccc(C#N)c2-c2ccc(-c3ccc(-n4c5c(c6cc(C#N)ccc64)C=CCC5)cc3)cc2C#N)C1F. The second-order valence-electron chi connectivity index (χ2n) is 13.5. The van der Waals surface area contributed by atoms with Gasteiger partial charge in [0.1, 0.15) is 0 Å². The number of alkyl halides is 1. The zero-order valence-electron chi connectivity index (χ0n) is 28.7. The number of benzene rings is 5. The predicted molar refractivity (Wildman–Crippen MR) is 206 cm³/mol. The van der Waals surface area contributed by atoms with E-state index in [1.807, 2.05) is 79.7 Å². The van der Waals surface area contributed by atoms with Crippen LogP contribution in [-0.4, -0.2) is 10.9 Å². The van der Waals surface area contributed by atoms with Gasteiger partial charge in [0, 0.05) is 45.1 Å². The fraction of sp³-hybridized carbons (Fsp3) is 0.152. The minimum Gasteiger partial charge on any atom is -0.313 e. The van der Waals surface area contributed by atoms with E-state index in [1.54, 1.807) is 17.0 Å². The summed E-state index contributed by atoms with van der Waals surface area (Å²) in [5, 5.41) is 31.5. The molecule has 2 aliphatic rings. The molecule has 2 heterocycles. The second kappa shape index (κ2) is 13.6. The van der Waals surface area contributed by atoms with E-state index in [0.717, 1.165) is 57.4 Å². The highest BCUT2D eigenvalue weighted by Gasteiger charge is 2.31. The molecule has 52 heavy (non-hydrogen) atoms. The third-order valence-corrected chi connectivity index (χ3v) is 10.3. The van der Waals surface area contributed by atoms with Crippen molar-refractivity contribution in [3.8, 4) is 46.1 Å². The first-order valence-corrected chi connectivity index (χ1v) is 17.6. The summed E-state index contributed by atoms with van der Waals surface area (Å²) >= 11 is 0. The van der Waals surface area contributed by atoms with E-state index in [0.29, 0.717) is 46.3 Å². The third kappa shape index (κ3) is 5.54. The maximum Gasteiger partial charge on any atom is 0.179 e. The van der Waals surface area contributed by atoms with Crippen molar-refractivity contribution >= 4 is 28.4 Å². The molecule has 6 aromatic rings. The van der Waals surface area contributed by atoms with Gasteiger partial charge in [-0.15, -0.1) is 0 Å². The van der Waals surface area contributed by atoms with Gasteiger partial charge in [-0.2, -0.15) is 15.8 Å². The van der Waals surface area contributed by atoms with Crippen LogP contribution in [0.25, 0.3) is 44.9 Å². The number of fused-ring (bicyclic) bond motifs is 4. The van der Waals surface area contributed by atoms with Gasteiger partial charge in [0.15, 0.2) is 6.30 Å². The smallest absolute Gasteiger partial charge is 0.179 e. The summed E-state index contributed by atoms with van der Waals surface area (Å²) in [6, 6.07) is 40.0. The van der Waals surface area contributed by atoms with Gasteiger partial charge in [0.2, 0.25) is 0 Å². The Balaban J connectivity index is 1.21. The molecular formula is C46H34FN5. The molecule has 0 saturated carbocycles. The summed E-state index contributed by atoms with van der Waals surface area (Å²) in [7, 11) is 0. The first-order valence-electron chi connectivity index (χ1n) is 17.6. The van der Waals surface area contributed by atoms with E-state index >= 15 is 4.39 Å². The van der Waals surface area contributed by atoms with Gasteiger partial charge >= 0.3 is 0 Å². The average Bonchev–Trinajstić information content (AvgIpc) is 3.55. The van der Waals surface area contributed by atoms with Crippen LogP contribution in [0.2, 0.25) is 0 Å². The molecule has 2 atom stereocenters. The van der Waals surface area contributed by atoms with Gasteiger partial charge in [0.05, 0.1) is 46.1 Å². The van der Waals surface area contributed by atoms with E-state index in [1.165, 1.54) is 5.69 Å². The lowest BCUT2D eigenvalue weighted by molar-refractivity contribution is 0.248. The molecule has 5 aromatic carbocycles. The molecule has 250 valence electrons. The Labute approximate surface area is 303 Å². The van der Waals surface area contributed by atoms with Crippen molar-refractivity contribution in [3.05, 3.63) is 155 Å². The summed E-state index contributed by atoms with van der Waals surface area (Å²) in [5.74, 6) is -0.316. The van der Waals surface area contributed by atoms with Crippen molar-refractivity contribution in [1.29, 1.82) is 15.8 Å². The third-order valence-electron chi connectivity index (χ3n) is 10.3. The topological polar surface area (TPSA) is 79.5 Å². The Morgan fingerprint density at radius 3 is 2.33 bits per heavy atom. The van der Waals surface area contributed by atoms with Crippen LogP contribution >= 0.6 is 0 Å². The summed E-state index contributed by atoms with van der Waals surface area (Å²) in [6.07, 6.45) is 10.2. The Morgan fingerprint density at radius 2 is 1.52 bits per heavy atom. The molecule has 0 amide bonds. The van der Waals surface area contributed by atoms with Crippen LogP contribution in [0.4, 0.5) is 15.8 Å². The van der Waals surface area contributed by atoms with E-state index < -0.39 is 6.30 Å². The standard InChI is InChI=1S/C46H34FN5/c1-30-9-2-3-10-33-11-4-6-14-41(33)52(46(30)47)44-16-8-12-35(28-49)45(44)38-23-20-34(26-36(38)29-50)32-18-21-37(22-19-32)51-42-15-7-5-13-39(42)40-25-31(27-48)17-24-43(40)51/h2-6,8,11-14,16-26,30,46H,7,9-10,15H2,1H3/b3-2-. The van der Waals surface area contributed by atoms with Crippen LogP contribution in [0.1, 0.15) is 53.3 Å². The van der Waals surface area contributed by atoms with Crippen LogP contribution in [0.15, 0.2) is 121 Å². The quantitative estimate of drug-likeness (QED) is 0.138. The van der Waals surface area contributed by atoms with Gasteiger partial charge in [-0.3, -0.25) is 0 Å². The average molecular weight is 676 g/mol. The predicted octanol–water partition coefficient (Wildman–Crippen LogP) is 11.1.